The van der Waals surface area contributed by atoms with Crippen molar-refractivity contribution in [1.29, 1.82) is 0 Å². The first-order valence-electron chi connectivity index (χ1n) is 18.8. The summed E-state index contributed by atoms with van der Waals surface area (Å²) in [6, 6.07) is 0. The van der Waals surface area contributed by atoms with E-state index in [-0.39, 0.29) is 25.6 Å². The van der Waals surface area contributed by atoms with Gasteiger partial charge in [-0.25, -0.2) is 4.57 Å². The van der Waals surface area contributed by atoms with Crippen LogP contribution in [0.2, 0.25) is 0 Å². The smallest absolute Gasteiger partial charge is 0.462 e. The number of rotatable bonds is 34. The number of carbonyl (C=O) groups excluding carboxylic acids is 2. The predicted molar refractivity (Wildman–Crippen MR) is 188 cm³/mol. The Balaban J connectivity index is 4.25. The molecule has 2 atom stereocenters. The van der Waals surface area contributed by atoms with Gasteiger partial charge in [0, 0.05) is 12.8 Å². The van der Waals surface area contributed by atoms with Crippen molar-refractivity contribution in [3.63, 3.8) is 0 Å². The van der Waals surface area contributed by atoms with Crippen molar-refractivity contribution in [2.75, 3.05) is 47.5 Å². The molecule has 0 amide bonds. The topological polar surface area (TPSA) is 108 Å². The molecule has 0 aliphatic carbocycles. The van der Waals surface area contributed by atoms with Crippen LogP contribution in [0.3, 0.4) is 0 Å². The molecule has 0 aromatic carbocycles. The molecule has 1 unspecified atom stereocenters. The number of hydrogen-bond acceptors (Lipinski definition) is 7. The van der Waals surface area contributed by atoms with E-state index in [0.29, 0.717) is 23.9 Å². The van der Waals surface area contributed by atoms with Gasteiger partial charge in [-0.1, -0.05) is 142 Å². The normalized spacial score (nSPS) is 13.8. The summed E-state index contributed by atoms with van der Waals surface area (Å²) in [4.78, 5) is 34.9. The zero-order valence-corrected chi connectivity index (χ0v) is 31.5. The second-order valence-corrected chi connectivity index (χ2v) is 15.4. The third kappa shape index (κ3) is 32.9. The maximum absolute atomic E-state index is 12.4. The van der Waals surface area contributed by atoms with E-state index in [4.69, 9.17) is 18.5 Å². The number of carbonyl (C=O) groups is 2. The molecule has 0 aromatic heterocycles. The van der Waals surface area contributed by atoms with Crippen LogP contribution in [0.1, 0.15) is 168 Å². The molecule has 10 heteroatoms. The van der Waals surface area contributed by atoms with E-state index >= 15 is 0 Å². The van der Waals surface area contributed by atoms with Crippen LogP contribution in [0, 0.1) is 0 Å². The Morgan fingerprint density at radius 1 is 0.587 bits per heavy atom. The molecule has 0 bridgehead atoms. The molecule has 9 nitrogen and oxygen atoms in total. The van der Waals surface area contributed by atoms with Crippen molar-refractivity contribution < 1.29 is 42.1 Å². The molecule has 0 heterocycles. The Bertz CT molecular complexity index is 774. The lowest BCUT2D eigenvalue weighted by atomic mass is 10.0. The van der Waals surface area contributed by atoms with E-state index in [2.05, 4.69) is 13.8 Å². The molecule has 0 aliphatic rings. The Morgan fingerprint density at radius 2 is 0.978 bits per heavy atom. The minimum Gasteiger partial charge on any atom is -0.462 e. The number of esters is 2. The molecule has 0 rings (SSSR count). The van der Waals surface area contributed by atoms with E-state index < -0.39 is 26.5 Å². The highest BCUT2D eigenvalue weighted by Gasteiger charge is 2.27. The molecule has 0 fully saturated rings. The highest BCUT2D eigenvalue weighted by Crippen LogP contribution is 2.43. The van der Waals surface area contributed by atoms with E-state index in [1.165, 1.54) is 89.9 Å². The lowest BCUT2D eigenvalue weighted by Gasteiger charge is -2.24. The molecular formula is C36H73NO8P+. The maximum atomic E-state index is 12.4. The van der Waals surface area contributed by atoms with E-state index in [9.17, 15) is 19.0 Å². The summed E-state index contributed by atoms with van der Waals surface area (Å²) in [6.07, 6.45) is 26.1. The van der Waals surface area contributed by atoms with Gasteiger partial charge in [-0.3, -0.25) is 18.6 Å². The monoisotopic (exact) mass is 679 g/mol. The molecule has 0 aliphatic heterocycles. The molecule has 46 heavy (non-hydrogen) atoms. The summed E-state index contributed by atoms with van der Waals surface area (Å²) in [6.45, 7) is 4.36. The fourth-order valence-electron chi connectivity index (χ4n) is 5.13. The molecule has 0 radical (unpaired) electrons. The fraction of sp³-hybridized carbons (Fsp3) is 0.944. The van der Waals surface area contributed by atoms with Gasteiger partial charge in [-0.2, -0.15) is 0 Å². The lowest BCUT2D eigenvalue weighted by molar-refractivity contribution is -0.870. The highest BCUT2D eigenvalue weighted by molar-refractivity contribution is 7.47. The van der Waals surface area contributed by atoms with E-state index in [1.807, 2.05) is 21.1 Å². The van der Waals surface area contributed by atoms with Gasteiger partial charge in [-0.05, 0) is 12.8 Å². The van der Waals surface area contributed by atoms with Crippen LogP contribution in [-0.4, -0.2) is 74.9 Å². The van der Waals surface area contributed by atoms with E-state index in [0.717, 1.165) is 44.9 Å². The van der Waals surface area contributed by atoms with Crippen LogP contribution in [0.4, 0.5) is 0 Å². The number of quaternary nitrogens is 1. The summed E-state index contributed by atoms with van der Waals surface area (Å²) in [5, 5.41) is 0. The van der Waals surface area contributed by atoms with Crippen molar-refractivity contribution in [2.45, 2.75) is 174 Å². The summed E-state index contributed by atoms with van der Waals surface area (Å²) in [7, 11) is 1.48. The first-order chi connectivity index (χ1) is 22.0. The first-order valence-corrected chi connectivity index (χ1v) is 20.3. The van der Waals surface area contributed by atoms with Crippen molar-refractivity contribution in [2.24, 2.45) is 0 Å². The van der Waals surface area contributed by atoms with Gasteiger partial charge >= 0.3 is 19.8 Å². The second-order valence-electron chi connectivity index (χ2n) is 14.0. The van der Waals surface area contributed by atoms with Crippen molar-refractivity contribution >= 4 is 19.8 Å². The summed E-state index contributed by atoms with van der Waals surface area (Å²) < 4.78 is 34.0. The summed E-state index contributed by atoms with van der Waals surface area (Å²) >= 11 is 0. The molecule has 1 N–H and O–H groups in total. The van der Waals surface area contributed by atoms with Crippen LogP contribution >= 0.6 is 7.82 Å². The SMILES string of the molecule is CCCCCCCCCCCCCCCCCCC(=O)OC[C@H](COP(=O)(O)OCC[N+](C)(C)C)OC(=O)CCCCCCCC. The van der Waals surface area contributed by atoms with Crippen molar-refractivity contribution in [3.8, 4) is 0 Å². The van der Waals surface area contributed by atoms with Gasteiger partial charge in [0.25, 0.3) is 0 Å². The van der Waals surface area contributed by atoms with E-state index in [1.54, 1.807) is 0 Å². The summed E-state index contributed by atoms with van der Waals surface area (Å²) in [5.74, 6) is -0.801. The van der Waals surface area contributed by atoms with Crippen molar-refractivity contribution in [3.05, 3.63) is 0 Å². The molecule has 0 saturated carbocycles. The number of likely N-dealkylation sites (N-methyl/N-ethyl adjacent to an activating group) is 1. The zero-order chi connectivity index (χ0) is 34.4. The van der Waals surface area contributed by atoms with Crippen LogP contribution in [-0.2, 0) is 32.7 Å². The van der Waals surface area contributed by atoms with Gasteiger partial charge in [0.05, 0.1) is 27.7 Å². The number of ether oxygens (including phenoxy) is 2. The minimum absolute atomic E-state index is 0.0358. The van der Waals surface area contributed by atoms with Gasteiger partial charge in [-0.15, -0.1) is 0 Å². The third-order valence-electron chi connectivity index (χ3n) is 8.14. The number of unbranched alkanes of at least 4 members (excludes halogenated alkanes) is 20. The molecule has 274 valence electrons. The maximum Gasteiger partial charge on any atom is 0.472 e. The average Bonchev–Trinajstić information content (AvgIpc) is 2.99. The minimum atomic E-state index is -4.35. The highest BCUT2D eigenvalue weighted by atomic mass is 31.2. The van der Waals surface area contributed by atoms with Gasteiger partial charge in [0.15, 0.2) is 6.10 Å². The molecule has 0 saturated heterocycles. The summed E-state index contributed by atoms with van der Waals surface area (Å²) in [5.41, 5.74) is 0. The Hall–Kier alpha value is -0.990. The Morgan fingerprint density at radius 3 is 1.39 bits per heavy atom. The number of phosphoric ester groups is 1. The third-order valence-corrected chi connectivity index (χ3v) is 9.12. The Kier molecular flexibility index (Phi) is 29.4. The molecule has 0 spiro atoms. The lowest BCUT2D eigenvalue weighted by Crippen LogP contribution is -2.37. The molecule has 0 aromatic rings. The van der Waals surface area contributed by atoms with Crippen molar-refractivity contribution in [1.82, 2.24) is 0 Å². The Labute approximate surface area is 283 Å². The van der Waals surface area contributed by atoms with Crippen LogP contribution < -0.4 is 0 Å². The average molecular weight is 679 g/mol. The van der Waals surface area contributed by atoms with Crippen LogP contribution in [0.5, 0.6) is 0 Å². The van der Waals surface area contributed by atoms with Crippen LogP contribution in [0.25, 0.3) is 0 Å². The quantitative estimate of drug-likeness (QED) is 0.0310. The predicted octanol–water partition coefficient (Wildman–Crippen LogP) is 9.68. The van der Waals surface area contributed by atoms with Gasteiger partial charge in [0.2, 0.25) is 0 Å². The van der Waals surface area contributed by atoms with Gasteiger partial charge < -0.3 is 18.9 Å². The zero-order valence-electron chi connectivity index (χ0n) is 30.6. The first kappa shape index (κ1) is 45.0. The largest absolute Gasteiger partial charge is 0.472 e. The standard InChI is InChI=1S/C36H72NO8P/c1-6-8-10-12-14-15-16-17-18-19-20-21-22-23-25-26-28-35(38)42-32-34(45-36(39)29-27-24-13-11-9-7-2)33-44-46(40,41)43-31-30-37(3,4)5/h34H,6-33H2,1-5H3/p+1/t34-/m1/s1. The molecular weight excluding hydrogens is 605 g/mol. The number of nitrogens with zero attached hydrogens (tertiary/aromatic N) is 1. The number of phosphoric acid groups is 1. The second kappa shape index (κ2) is 30.1. The van der Waals surface area contributed by atoms with Gasteiger partial charge in [0.1, 0.15) is 19.8 Å². The van der Waals surface area contributed by atoms with Crippen LogP contribution in [0.15, 0.2) is 0 Å². The fourth-order valence-corrected chi connectivity index (χ4v) is 5.87. The number of hydrogen-bond donors (Lipinski definition) is 1.